The number of hydrogen-bond acceptors (Lipinski definition) is 5. The second-order valence-corrected chi connectivity index (χ2v) is 8.29. The Balaban J connectivity index is 1.97. The van der Waals surface area contributed by atoms with Gasteiger partial charge in [0.2, 0.25) is 15.9 Å². The largest absolute Gasteiger partial charge is 0.421 e. The molecule has 3 aromatic rings. The Hall–Kier alpha value is -2.45. The van der Waals surface area contributed by atoms with Crippen LogP contribution in [0, 0.1) is 20.8 Å². The van der Waals surface area contributed by atoms with Crippen LogP contribution < -0.4 is 4.72 Å². The standard InChI is InChI=1S/C19H24N4O3S/c1-6-15-7-9-16(10-8-15)11(2)23-27(24,25)18-13(4)20-12(3)17(18)19-22-21-14(5)26-19/h7-11,20,23H,6H2,1-5H3/t11-/m0/s1. The van der Waals surface area contributed by atoms with Crippen LogP contribution in [0.1, 0.15) is 48.3 Å². The van der Waals surface area contributed by atoms with Crippen molar-refractivity contribution < 1.29 is 12.8 Å². The van der Waals surface area contributed by atoms with Crippen LogP contribution in [-0.4, -0.2) is 23.6 Å². The highest BCUT2D eigenvalue weighted by atomic mass is 32.2. The minimum atomic E-state index is -3.81. The number of hydrogen-bond donors (Lipinski definition) is 2. The van der Waals surface area contributed by atoms with E-state index in [0.717, 1.165) is 12.0 Å². The van der Waals surface area contributed by atoms with Crippen molar-refractivity contribution in [3.8, 4) is 11.5 Å². The Kier molecular flexibility index (Phi) is 5.21. The highest BCUT2D eigenvalue weighted by Gasteiger charge is 2.30. The minimum Gasteiger partial charge on any atom is -0.421 e. The van der Waals surface area contributed by atoms with Crippen LogP contribution in [0.4, 0.5) is 0 Å². The van der Waals surface area contributed by atoms with Gasteiger partial charge in [-0.15, -0.1) is 10.2 Å². The Bertz CT molecular complexity index is 1050. The van der Waals surface area contributed by atoms with Crippen molar-refractivity contribution in [1.82, 2.24) is 19.9 Å². The molecule has 2 aromatic heterocycles. The number of nitrogens with zero attached hydrogens (tertiary/aromatic N) is 2. The summed E-state index contributed by atoms with van der Waals surface area (Å²) in [5.41, 5.74) is 3.71. The molecule has 8 heteroatoms. The first-order valence-corrected chi connectivity index (χ1v) is 10.3. The zero-order valence-electron chi connectivity index (χ0n) is 16.1. The molecule has 0 saturated carbocycles. The molecule has 3 rings (SSSR count). The molecule has 2 heterocycles. The minimum absolute atomic E-state index is 0.140. The maximum absolute atomic E-state index is 13.2. The van der Waals surface area contributed by atoms with Gasteiger partial charge in [0.05, 0.1) is 5.56 Å². The fourth-order valence-corrected chi connectivity index (χ4v) is 4.83. The third-order valence-electron chi connectivity index (χ3n) is 4.55. The number of benzene rings is 1. The molecule has 0 aliphatic carbocycles. The van der Waals surface area contributed by atoms with Crippen LogP contribution >= 0.6 is 0 Å². The average Bonchev–Trinajstić information content (AvgIpc) is 3.17. The predicted molar refractivity (Wildman–Crippen MR) is 103 cm³/mol. The van der Waals surface area contributed by atoms with Crippen molar-refractivity contribution in [3.05, 3.63) is 52.7 Å². The summed E-state index contributed by atoms with van der Waals surface area (Å²) in [6, 6.07) is 7.54. The van der Waals surface area contributed by atoms with E-state index in [1.165, 1.54) is 5.56 Å². The molecule has 0 spiro atoms. The van der Waals surface area contributed by atoms with Crippen LogP contribution in [0.15, 0.2) is 33.6 Å². The van der Waals surface area contributed by atoms with Crippen molar-refractivity contribution in [1.29, 1.82) is 0 Å². The fraction of sp³-hybridized carbons (Fsp3) is 0.368. The molecule has 7 nitrogen and oxygen atoms in total. The van der Waals surface area contributed by atoms with Gasteiger partial charge in [-0.3, -0.25) is 0 Å². The molecule has 2 N–H and O–H groups in total. The van der Waals surface area contributed by atoms with E-state index >= 15 is 0 Å². The molecule has 1 aromatic carbocycles. The van der Waals surface area contributed by atoms with E-state index in [2.05, 4.69) is 26.8 Å². The van der Waals surface area contributed by atoms with Crippen molar-refractivity contribution in [2.45, 2.75) is 52.0 Å². The predicted octanol–water partition coefficient (Wildman–Crippen LogP) is 3.59. The van der Waals surface area contributed by atoms with Crippen molar-refractivity contribution in [3.63, 3.8) is 0 Å². The summed E-state index contributed by atoms with van der Waals surface area (Å²) in [7, 11) is -3.81. The van der Waals surface area contributed by atoms with E-state index in [1.54, 1.807) is 20.8 Å². The quantitative estimate of drug-likeness (QED) is 0.672. The molecular formula is C19H24N4O3S. The Labute approximate surface area is 159 Å². The molecule has 144 valence electrons. The van der Waals surface area contributed by atoms with Gasteiger partial charge in [0.25, 0.3) is 5.89 Å². The number of aromatic amines is 1. The molecule has 1 atom stereocenters. The summed E-state index contributed by atoms with van der Waals surface area (Å²) in [6.45, 7) is 9.07. The van der Waals surface area contributed by atoms with Gasteiger partial charge >= 0.3 is 0 Å². The lowest BCUT2D eigenvalue weighted by atomic mass is 10.1. The average molecular weight is 388 g/mol. The van der Waals surface area contributed by atoms with Gasteiger partial charge in [-0.1, -0.05) is 31.2 Å². The molecule has 0 bridgehead atoms. The molecule has 27 heavy (non-hydrogen) atoms. The highest BCUT2D eigenvalue weighted by Crippen LogP contribution is 2.33. The lowest BCUT2D eigenvalue weighted by molar-refractivity contribution is 0.530. The van der Waals surface area contributed by atoms with Crippen LogP contribution in [0.25, 0.3) is 11.5 Å². The second kappa shape index (κ2) is 7.28. The van der Waals surface area contributed by atoms with E-state index in [4.69, 9.17) is 4.42 Å². The Morgan fingerprint density at radius 3 is 2.33 bits per heavy atom. The van der Waals surface area contributed by atoms with E-state index in [1.807, 2.05) is 31.2 Å². The van der Waals surface area contributed by atoms with Crippen LogP contribution in [0.2, 0.25) is 0 Å². The Morgan fingerprint density at radius 2 is 1.78 bits per heavy atom. The zero-order chi connectivity index (χ0) is 19.8. The SMILES string of the molecule is CCc1ccc([C@H](C)NS(=O)(=O)c2c(C)[nH]c(C)c2-c2nnc(C)o2)cc1. The van der Waals surface area contributed by atoms with Gasteiger partial charge in [0.15, 0.2) is 0 Å². The lowest BCUT2D eigenvalue weighted by Crippen LogP contribution is -2.27. The van der Waals surface area contributed by atoms with Gasteiger partial charge in [-0.25, -0.2) is 13.1 Å². The molecule has 0 amide bonds. The number of H-pyrrole nitrogens is 1. The summed E-state index contributed by atoms with van der Waals surface area (Å²) in [6.07, 6.45) is 0.940. The van der Waals surface area contributed by atoms with Crippen molar-refractivity contribution >= 4 is 10.0 Å². The molecule has 0 radical (unpaired) electrons. The first-order valence-electron chi connectivity index (χ1n) is 8.83. The van der Waals surface area contributed by atoms with Gasteiger partial charge in [0, 0.05) is 24.4 Å². The number of aryl methyl sites for hydroxylation is 4. The van der Waals surface area contributed by atoms with Crippen LogP contribution in [0.3, 0.4) is 0 Å². The van der Waals surface area contributed by atoms with Gasteiger partial charge < -0.3 is 9.40 Å². The summed E-state index contributed by atoms with van der Waals surface area (Å²) < 4.78 is 34.5. The molecule has 0 unspecified atom stereocenters. The monoisotopic (exact) mass is 388 g/mol. The normalized spacial score (nSPS) is 13.1. The van der Waals surface area contributed by atoms with Crippen molar-refractivity contribution in [2.75, 3.05) is 0 Å². The molecular weight excluding hydrogens is 364 g/mol. The number of rotatable bonds is 6. The van der Waals surface area contributed by atoms with E-state index in [0.29, 0.717) is 22.8 Å². The molecule has 0 aliphatic rings. The molecule has 0 saturated heterocycles. The fourth-order valence-electron chi connectivity index (χ4n) is 3.15. The van der Waals surface area contributed by atoms with Gasteiger partial charge in [-0.05, 0) is 38.3 Å². The van der Waals surface area contributed by atoms with E-state index in [9.17, 15) is 8.42 Å². The third-order valence-corrected chi connectivity index (χ3v) is 6.26. The van der Waals surface area contributed by atoms with E-state index in [-0.39, 0.29) is 16.8 Å². The van der Waals surface area contributed by atoms with Gasteiger partial charge in [-0.2, -0.15) is 0 Å². The highest BCUT2D eigenvalue weighted by molar-refractivity contribution is 7.89. The number of sulfonamides is 1. The summed E-state index contributed by atoms with van der Waals surface area (Å²) in [5, 5.41) is 7.81. The molecule has 0 fully saturated rings. The van der Waals surface area contributed by atoms with Gasteiger partial charge in [0.1, 0.15) is 4.90 Å². The summed E-state index contributed by atoms with van der Waals surface area (Å²) in [4.78, 5) is 3.21. The first kappa shape index (κ1) is 19.3. The number of aromatic nitrogens is 3. The van der Waals surface area contributed by atoms with Crippen LogP contribution in [-0.2, 0) is 16.4 Å². The topological polar surface area (TPSA) is 101 Å². The third kappa shape index (κ3) is 3.81. The number of nitrogens with one attached hydrogen (secondary N) is 2. The first-order chi connectivity index (χ1) is 12.7. The van der Waals surface area contributed by atoms with E-state index < -0.39 is 10.0 Å². The summed E-state index contributed by atoms with van der Waals surface area (Å²) >= 11 is 0. The lowest BCUT2D eigenvalue weighted by Gasteiger charge is -2.16. The van der Waals surface area contributed by atoms with Crippen molar-refractivity contribution in [2.24, 2.45) is 0 Å². The Morgan fingerprint density at radius 1 is 1.11 bits per heavy atom. The smallest absolute Gasteiger partial charge is 0.250 e. The second-order valence-electron chi connectivity index (χ2n) is 6.64. The summed E-state index contributed by atoms with van der Waals surface area (Å²) in [5.74, 6) is 0.568. The maximum atomic E-state index is 13.2. The van der Waals surface area contributed by atoms with Crippen LogP contribution in [0.5, 0.6) is 0 Å². The molecule has 0 aliphatic heterocycles. The zero-order valence-corrected chi connectivity index (χ0v) is 16.9. The maximum Gasteiger partial charge on any atom is 0.250 e.